The Labute approximate surface area is 137 Å². The summed E-state index contributed by atoms with van der Waals surface area (Å²) in [5, 5.41) is 0. The van der Waals surface area contributed by atoms with E-state index in [2.05, 4.69) is 16.3 Å². The van der Waals surface area contributed by atoms with E-state index in [0.29, 0.717) is 0 Å². The quantitative estimate of drug-likeness (QED) is 0.746. The van der Waals surface area contributed by atoms with Crippen molar-refractivity contribution < 1.29 is 8.42 Å². The largest absolute Gasteiger partial charge is 0.329 e. The van der Waals surface area contributed by atoms with Gasteiger partial charge in [0.2, 0.25) is 0 Å². The first-order chi connectivity index (χ1) is 10.5. The van der Waals surface area contributed by atoms with Gasteiger partial charge < -0.3 is 0 Å². The van der Waals surface area contributed by atoms with E-state index in [9.17, 15) is 13.2 Å². The van der Waals surface area contributed by atoms with Gasteiger partial charge in [0.05, 0.1) is 10.4 Å². The van der Waals surface area contributed by atoms with Gasteiger partial charge in [0.25, 0.3) is 10.0 Å². The number of aromatic nitrogens is 1. The molecule has 0 bridgehead atoms. The van der Waals surface area contributed by atoms with E-state index in [1.165, 1.54) is 5.51 Å². The molecule has 0 amide bonds. The van der Waals surface area contributed by atoms with Crippen LogP contribution in [0.5, 0.6) is 0 Å². The fourth-order valence-electron chi connectivity index (χ4n) is 1.84. The standard InChI is InChI=1S/C14H16N2O3S3/c1-2-3-4-5-11-6-8-12(9-7-11)22(18,19)16-14-20-10-15-13(17)21-14/h6-10H,2-5H2,1H3/b16-14-. The van der Waals surface area contributed by atoms with Crippen LogP contribution in [0.25, 0.3) is 0 Å². The van der Waals surface area contributed by atoms with Gasteiger partial charge in [0, 0.05) is 0 Å². The third-order valence-electron chi connectivity index (χ3n) is 2.97. The molecular weight excluding hydrogens is 340 g/mol. The lowest BCUT2D eigenvalue weighted by atomic mass is 10.1. The fraction of sp³-hybridized carbons (Fsp3) is 0.357. The average Bonchev–Trinajstić information content (AvgIpc) is 2.47. The molecule has 0 spiro atoms. The van der Waals surface area contributed by atoms with Crippen molar-refractivity contribution in [3.8, 4) is 0 Å². The highest BCUT2D eigenvalue weighted by Crippen LogP contribution is 2.15. The van der Waals surface area contributed by atoms with Gasteiger partial charge in [-0.25, -0.2) is 0 Å². The highest BCUT2D eigenvalue weighted by molar-refractivity contribution is 7.90. The zero-order valence-electron chi connectivity index (χ0n) is 12.1. The lowest BCUT2D eigenvalue weighted by Gasteiger charge is -2.02. The molecule has 0 radical (unpaired) electrons. The molecule has 0 saturated heterocycles. The number of hydrogen-bond donors (Lipinski definition) is 0. The SMILES string of the molecule is CCCCCc1ccc(S(=O)(=O)/N=c2/scnc(=O)s2)cc1. The number of nitrogens with zero attached hydrogens (tertiary/aromatic N) is 2. The Hall–Kier alpha value is -1.38. The summed E-state index contributed by atoms with van der Waals surface area (Å²) in [6.07, 6.45) is 4.36. The Morgan fingerprint density at radius 2 is 1.91 bits per heavy atom. The minimum atomic E-state index is -3.79. The number of sulfonamides is 1. The molecular formula is C14H16N2O3S3. The van der Waals surface area contributed by atoms with Crippen LogP contribution in [-0.2, 0) is 16.4 Å². The Balaban J connectivity index is 2.23. The zero-order chi connectivity index (χ0) is 16.0. The molecule has 0 aliphatic carbocycles. The molecule has 1 heterocycles. The molecule has 0 unspecified atom stereocenters. The van der Waals surface area contributed by atoms with Gasteiger partial charge >= 0.3 is 4.87 Å². The van der Waals surface area contributed by atoms with Gasteiger partial charge in [0.15, 0.2) is 3.98 Å². The Morgan fingerprint density at radius 3 is 2.55 bits per heavy atom. The number of unbranched alkanes of at least 4 members (excludes halogenated alkanes) is 2. The predicted molar refractivity (Wildman–Crippen MR) is 88.7 cm³/mol. The minimum absolute atomic E-state index is 0.135. The summed E-state index contributed by atoms with van der Waals surface area (Å²) in [5.41, 5.74) is 2.41. The molecule has 0 fully saturated rings. The van der Waals surface area contributed by atoms with Gasteiger partial charge in [-0.2, -0.15) is 13.4 Å². The Morgan fingerprint density at radius 1 is 1.18 bits per heavy atom. The topological polar surface area (TPSA) is 76.5 Å². The van der Waals surface area contributed by atoms with Crippen molar-refractivity contribution >= 4 is 32.7 Å². The van der Waals surface area contributed by atoms with E-state index in [1.807, 2.05) is 12.1 Å². The van der Waals surface area contributed by atoms with E-state index in [4.69, 9.17) is 0 Å². The van der Waals surface area contributed by atoms with Crippen LogP contribution < -0.4 is 8.86 Å². The molecule has 2 rings (SSSR count). The average molecular weight is 356 g/mol. The number of aryl methyl sites for hydroxylation is 1. The first-order valence-corrected chi connectivity index (χ1v) is 10.00. The van der Waals surface area contributed by atoms with Crippen LogP contribution in [0.15, 0.2) is 43.9 Å². The molecule has 1 aromatic carbocycles. The van der Waals surface area contributed by atoms with E-state index in [-0.39, 0.29) is 8.88 Å². The van der Waals surface area contributed by atoms with Crippen LogP contribution in [0.1, 0.15) is 31.7 Å². The zero-order valence-corrected chi connectivity index (χ0v) is 14.5. The highest BCUT2D eigenvalue weighted by atomic mass is 32.2. The molecule has 22 heavy (non-hydrogen) atoms. The van der Waals surface area contributed by atoms with Crippen molar-refractivity contribution in [2.75, 3.05) is 0 Å². The van der Waals surface area contributed by atoms with Gasteiger partial charge in [-0.15, -0.1) is 4.40 Å². The summed E-state index contributed by atoms with van der Waals surface area (Å²) in [4.78, 5) is 14.3. The molecule has 0 N–H and O–H groups in total. The summed E-state index contributed by atoms with van der Waals surface area (Å²) >= 11 is 1.75. The van der Waals surface area contributed by atoms with Gasteiger partial charge in [-0.1, -0.05) is 43.2 Å². The number of rotatable bonds is 6. The summed E-state index contributed by atoms with van der Waals surface area (Å²) in [6, 6.07) is 6.76. The molecule has 2 aromatic rings. The molecule has 118 valence electrons. The van der Waals surface area contributed by atoms with Crippen LogP contribution in [0.2, 0.25) is 0 Å². The maximum absolute atomic E-state index is 12.2. The summed E-state index contributed by atoms with van der Waals surface area (Å²) < 4.78 is 28.3. The lowest BCUT2D eigenvalue weighted by Crippen LogP contribution is -2.08. The summed E-state index contributed by atoms with van der Waals surface area (Å²) in [5.74, 6) is 0. The van der Waals surface area contributed by atoms with Crippen molar-refractivity contribution in [1.82, 2.24) is 4.98 Å². The van der Waals surface area contributed by atoms with Crippen LogP contribution in [0.3, 0.4) is 0 Å². The van der Waals surface area contributed by atoms with Crippen LogP contribution >= 0.6 is 22.7 Å². The first-order valence-electron chi connectivity index (χ1n) is 6.86. The van der Waals surface area contributed by atoms with Gasteiger partial charge in [-0.05, 0) is 41.9 Å². The molecule has 5 nitrogen and oxygen atoms in total. The molecule has 1 aromatic heterocycles. The minimum Gasteiger partial charge on any atom is -0.255 e. The van der Waals surface area contributed by atoms with E-state index >= 15 is 0 Å². The Kier molecular flexibility index (Phi) is 5.98. The second-order valence-corrected chi connectivity index (χ2v) is 8.29. The summed E-state index contributed by atoms with van der Waals surface area (Å²) in [7, 11) is -3.79. The van der Waals surface area contributed by atoms with Crippen molar-refractivity contribution in [1.29, 1.82) is 0 Å². The predicted octanol–water partition coefficient (Wildman–Crippen LogP) is 2.59. The molecule has 0 aliphatic rings. The number of benzene rings is 1. The van der Waals surface area contributed by atoms with Crippen LogP contribution in [0, 0.1) is 0 Å². The van der Waals surface area contributed by atoms with Crippen molar-refractivity contribution in [3.63, 3.8) is 0 Å². The second kappa shape index (κ2) is 7.75. The monoisotopic (exact) mass is 356 g/mol. The van der Waals surface area contributed by atoms with Crippen molar-refractivity contribution in [3.05, 3.63) is 49.0 Å². The fourth-order valence-corrected chi connectivity index (χ4v) is 4.62. The Bertz CT molecular complexity index is 836. The maximum atomic E-state index is 12.2. The highest BCUT2D eigenvalue weighted by Gasteiger charge is 2.12. The molecule has 0 aliphatic heterocycles. The third-order valence-corrected chi connectivity index (χ3v) is 6.08. The molecule has 0 atom stereocenters. The summed E-state index contributed by atoms with van der Waals surface area (Å²) in [6.45, 7) is 2.14. The van der Waals surface area contributed by atoms with Crippen molar-refractivity contribution in [2.24, 2.45) is 4.40 Å². The van der Waals surface area contributed by atoms with Crippen LogP contribution in [-0.4, -0.2) is 13.4 Å². The second-order valence-electron chi connectivity index (χ2n) is 4.65. The maximum Gasteiger partial charge on any atom is 0.329 e. The molecule has 8 heteroatoms. The van der Waals surface area contributed by atoms with E-state index < -0.39 is 14.9 Å². The smallest absolute Gasteiger partial charge is 0.255 e. The van der Waals surface area contributed by atoms with Crippen LogP contribution in [0.4, 0.5) is 0 Å². The molecule has 0 saturated carbocycles. The van der Waals surface area contributed by atoms with E-state index in [1.54, 1.807) is 12.1 Å². The number of hydrogen-bond acceptors (Lipinski definition) is 6. The normalized spacial score (nSPS) is 12.5. The first kappa shape index (κ1) is 17.0. The van der Waals surface area contributed by atoms with Gasteiger partial charge in [-0.3, -0.25) is 4.79 Å². The van der Waals surface area contributed by atoms with E-state index in [0.717, 1.165) is 53.9 Å². The lowest BCUT2D eigenvalue weighted by molar-refractivity contribution is 0.597. The third kappa shape index (κ3) is 4.82. The van der Waals surface area contributed by atoms with Crippen molar-refractivity contribution in [2.45, 2.75) is 37.5 Å². The van der Waals surface area contributed by atoms with Gasteiger partial charge in [0.1, 0.15) is 0 Å².